The van der Waals surface area contributed by atoms with E-state index < -0.39 is 0 Å². The topological polar surface area (TPSA) is 26.3 Å². The summed E-state index contributed by atoms with van der Waals surface area (Å²) in [5.74, 6) is -0.283. The van der Waals surface area contributed by atoms with Crippen LogP contribution in [0.25, 0.3) is 6.08 Å². The van der Waals surface area contributed by atoms with Crippen molar-refractivity contribution < 1.29 is 9.53 Å². The smallest absolute Gasteiger partial charge is 0.330 e. The van der Waals surface area contributed by atoms with Gasteiger partial charge in [0.15, 0.2) is 0 Å². The summed E-state index contributed by atoms with van der Waals surface area (Å²) in [5.41, 5.74) is 0.998. The van der Waals surface area contributed by atoms with Crippen LogP contribution in [0, 0.1) is 0 Å². The minimum atomic E-state index is -0.283. The van der Waals surface area contributed by atoms with Gasteiger partial charge < -0.3 is 4.74 Å². The second-order valence-corrected chi connectivity index (χ2v) is 3.62. The molecule has 2 nitrogen and oxygen atoms in total. The average Bonchev–Trinajstić information content (AvgIpc) is 2.37. The molecular formula is C15H18O2. The molecule has 1 aromatic carbocycles. The van der Waals surface area contributed by atoms with Crippen LogP contribution in [0.4, 0.5) is 0 Å². The zero-order valence-corrected chi connectivity index (χ0v) is 10.1. The van der Waals surface area contributed by atoms with Crippen molar-refractivity contribution in [1.82, 2.24) is 0 Å². The van der Waals surface area contributed by atoms with Gasteiger partial charge in [0.2, 0.25) is 0 Å². The molecule has 0 aromatic heterocycles. The minimum Gasteiger partial charge on any atom is -0.463 e. The van der Waals surface area contributed by atoms with E-state index in [0.717, 1.165) is 18.4 Å². The molecule has 17 heavy (non-hydrogen) atoms. The Morgan fingerprint density at radius 1 is 1.29 bits per heavy atom. The highest BCUT2D eigenvalue weighted by Crippen LogP contribution is 2.01. The fraction of sp³-hybridized carbons (Fsp3) is 0.267. The minimum absolute atomic E-state index is 0.283. The Balaban J connectivity index is 2.23. The Morgan fingerprint density at radius 3 is 2.76 bits per heavy atom. The molecule has 1 aromatic rings. The first-order valence-corrected chi connectivity index (χ1v) is 5.84. The molecule has 0 saturated carbocycles. The van der Waals surface area contributed by atoms with Gasteiger partial charge in [0.1, 0.15) is 0 Å². The fourth-order valence-electron chi connectivity index (χ4n) is 1.32. The van der Waals surface area contributed by atoms with Crippen molar-refractivity contribution in [3.63, 3.8) is 0 Å². The van der Waals surface area contributed by atoms with Gasteiger partial charge in [0.05, 0.1) is 6.61 Å². The second kappa shape index (κ2) is 8.34. The predicted octanol–water partition coefficient (Wildman–Crippen LogP) is 3.60. The number of allylic oxidation sites excluding steroid dienone is 2. The SMILES string of the molecule is CC=CCCCOC(=O)/C=C/c1ccccc1. The summed E-state index contributed by atoms with van der Waals surface area (Å²) in [6.45, 7) is 2.46. The fourth-order valence-corrected chi connectivity index (χ4v) is 1.32. The lowest BCUT2D eigenvalue weighted by Gasteiger charge is -1.99. The molecule has 0 spiro atoms. The number of hydrogen-bond acceptors (Lipinski definition) is 2. The first kappa shape index (κ1) is 13.2. The standard InChI is InChI=1S/C15H18O2/c1-2-3-4-8-13-17-15(16)12-11-14-9-6-5-7-10-14/h2-3,5-7,9-12H,4,8,13H2,1H3/b3-2?,12-11+. The third kappa shape index (κ3) is 6.36. The first-order valence-electron chi connectivity index (χ1n) is 5.84. The van der Waals surface area contributed by atoms with Gasteiger partial charge in [-0.3, -0.25) is 0 Å². The lowest BCUT2D eigenvalue weighted by Crippen LogP contribution is -2.01. The van der Waals surface area contributed by atoms with Gasteiger partial charge >= 0.3 is 5.97 Å². The van der Waals surface area contributed by atoms with Gasteiger partial charge in [-0.05, 0) is 31.4 Å². The van der Waals surface area contributed by atoms with Crippen LogP contribution in [0.5, 0.6) is 0 Å². The highest BCUT2D eigenvalue weighted by atomic mass is 16.5. The van der Waals surface area contributed by atoms with Crippen LogP contribution in [-0.4, -0.2) is 12.6 Å². The quantitative estimate of drug-likeness (QED) is 0.323. The summed E-state index contributed by atoms with van der Waals surface area (Å²) in [4.78, 5) is 11.3. The highest BCUT2D eigenvalue weighted by molar-refractivity contribution is 5.86. The summed E-state index contributed by atoms with van der Waals surface area (Å²) < 4.78 is 5.05. The van der Waals surface area contributed by atoms with Crippen LogP contribution in [0.2, 0.25) is 0 Å². The van der Waals surface area contributed by atoms with E-state index in [9.17, 15) is 4.79 Å². The lowest BCUT2D eigenvalue weighted by atomic mass is 10.2. The zero-order valence-electron chi connectivity index (χ0n) is 10.1. The molecule has 0 radical (unpaired) electrons. The highest BCUT2D eigenvalue weighted by Gasteiger charge is 1.95. The van der Waals surface area contributed by atoms with E-state index in [1.807, 2.05) is 43.3 Å². The summed E-state index contributed by atoms with van der Waals surface area (Å²) in [6.07, 6.45) is 9.10. The van der Waals surface area contributed by atoms with Crippen molar-refractivity contribution >= 4 is 12.0 Å². The molecule has 0 atom stereocenters. The van der Waals surface area contributed by atoms with Crippen molar-refractivity contribution in [2.24, 2.45) is 0 Å². The Hall–Kier alpha value is -1.83. The zero-order chi connectivity index (χ0) is 12.3. The van der Waals surface area contributed by atoms with Crippen molar-refractivity contribution in [3.05, 3.63) is 54.1 Å². The van der Waals surface area contributed by atoms with Gasteiger partial charge in [-0.2, -0.15) is 0 Å². The van der Waals surface area contributed by atoms with Crippen LogP contribution in [-0.2, 0) is 9.53 Å². The normalized spacial score (nSPS) is 11.1. The van der Waals surface area contributed by atoms with E-state index in [2.05, 4.69) is 6.08 Å². The number of esters is 1. The summed E-state index contributed by atoms with van der Waals surface area (Å²) in [6, 6.07) is 9.69. The number of benzene rings is 1. The summed E-state index contributed by atoms with van der Waals surface area (Å²) in [5, 5.41) is 0. The molecule has 0 fully saturated rings. The van der Waals surface area contributed by atoms with Crippen LogP contribution in [0.15, 0.2) is 48.6 Å². The number of unbranched alkanes of at least 4 members (excludes halogenated alkanes) is 1. The number of carbonyl (C=O) groups is 1. The molecular weight excluding hydrogens is 212 g/mol. The Morgan fingerprint density at radius 2 is 2.06 bits per heavy atom. The van der Waals surface area contributed by atoms with Crippen LogP contribution in [0.1, 0.15) is 25.3 Å². The maximum Gasteiger partial charge on any atom is 0.330 e. The van der Waals surface area contributed by atoms with E-state index in [4.69, 9.17) is 4.74 Å². The van der Waals surface area contributed by atoms with Crippen LogP contribution < -0.4 is 0 Å². The maximum atomic E-state index is 11.3. The number of hydrogen-bond donors (Lipinski definition) is 0. The Bertz CT molecular complexity index is 377. The van der Waals surface area contributed by atoms with Gasteiger partial charge in [-0.15, -0.1) is 0 Å². The molecule has 1 rings (SSSR count). The largest absolute Gasteiger partial charge is 0.463 e. The van der Waals surface area contributed by atoms with E-state index in [1.54, 1.807) is 6.08 Å². The molecule has 90 valence electrons. The molecule has 2 heteroatoms. The summed E-state index contributed by atoms with van der Waals surface area (Å²) in [7, 11) is 0. The lowest BCUT2D eigenvalue weighted by molar-refractivity contribution is -0.137. The van der Waals surface area contributed by atoms with Crippen molar-refractivity contribution in [1.29, 1.82) is 0 Å². The number of carbonyl (C=O) groups excluding carboxylic acids is 1. The molecule has 0 N–H and O–H groups in total. The molecule has 0 aliphatic rings. The second-order valence-electron chi connectivity index (χ2n) is 3.62. The average molecular weight is 230 g/mol. The van der Waals surface area contributed by atoms with Crippen LogP contribution in [0.3, 0.4) is 0 Å². The van der Waals surface area contributed by atoms with E-state index in [-0.39, 0.29) is 5.97 Å². The molecule has 0 heterocycles. The van der Waals surface area contributed by atoms with Crippen LogP contribution >= 0.6 is 0 Å². The van der Waals surface area contributed by atoms with E-state index in [1.165, 1.54) is 6.08 Å². The third-order valence-corrected chi connectivity index (χ3v) is 2.21. The third-order valence-electron chi connectivity index (χ3n) is 2.21. The number of ether oxygens (including phenoxy) is 1. The molecule has 0 bridgehead atoms. The maximum absolute atomic E-state index is 11.3. The molecule has 0 saturated heterocycles. The van der Waals surface area contributed by atoms with Crippen molar-refractivity contribution in [2.45, 2.75) is 19.8 Å². The molecule has 0 amide bonds. The predicted molar refractivity (Wildman–Crippen MR) is 70.5 cm³/mol. The van der Waals surface area contributed by atoms with Crippen molar-refractivity contribution in [3.8, 4) is 0 Å². The Labute approximate surface area is 103 Å². The molecule has 0 unspecified atom stereocenters. The first-order chi connectivity index (χ1) is 8.33. The number of rotatable bonds is 6. The molecule has 0 aliphatic carbocycles. The monoisotopic (exact) mass is 230 g/mol. The van der Waals surface area contributed by atoms with Gasteiger partial charge in [0, 0.05) is 6.08 Å². The van der Waals surface area contributed by atoms with Gasteiger partial charge in [-0.25, -0.2) is 4.79 Å². The van der Waals surface area contributed by atoms with Gasteiger partial charge in [-0.1, -0.05) is 42.5 Å². The van der Waals surface area contributed by atoms with Crippen molar-refractivity contribution in [2.75, 3.05) is 6.61 Å². The summed E-state index contributed by atoms with van der Waals surface area (Å²) >= 11 is 0. The van der Waals surface area contributed by atoms with E-state index >= 15 is 0 Å². The van der Waals surface area contributed by atoms with E-state index in [0.29, 0.717) is 6.61 Å². The van der Waals surface area contributed by atoms with Gasteiger partial charge in [0.25, 0.3) is 0 Å². The Kier molecular flexibility index (Phi) is 6.49. The molecule has 0 aliphatic heterocycles.